The summed E-state index contributed by atoms with van der Waals surface area (Å²) in [7, 11) is 0. The monoisotopic (exact) mass is 381 g/mol. The van der Waals surface area contributed by atoms with Crippen LogP contribution in [0.3, 0.4) is 0 Å². The molecule has 0 aliphatic carbocycles. The number of thiazole rings is 1. The molecule has 2 aromatic heterocycles. The normalized spacial score (nSPS) is 10.9. The lowest BCUT2D eigenvalue weighted by atomic mass is 10.1. The Kier molecular flexibility index (Phi) is 4.55. The molecule has 27 heavy (non-hydrogen) atoms. The zero-order valence-corrected chi connectivity index (χ0v) is 15.2. The molecule has 0 fully saturated rings. The van der Waals surface area contributed by atoms with Crippen molar-refractivity contribution in [3.8, 4) is 0 Å². The molecule has 6 nitrogen and oxygen atoms in total. The van der Waals surface area contributed by atoms with Gasteiger partial charge in [0, 0.05) is 11.9 Å². The summed E-state index contributed by atoms with van der Waals surface area (Å²) in [5, 5.41) is 14.5. The second-order valence-corrected chi connectivity index (χ2v) is 7.08. The minimum atomic E-state index is -0.269. The summed E-state index contributed by atoms with van der Waals surface area (Å²) in [5.41, 5.74) is 3.48. The van der Waals surface area contributed by atoms with Crippen LogP contribution >= 0.6 is 11.3 Å². The Balaban J connectivity index is 1.46. The maximum atomic E-state index is 12.9. The van der Waals surface area contributed by atoms with Crippen LogP contribution in [0.5, 0.6) is 0 Å². The van der Waals surface area contributed by atoms with Crippen LogP contribution in [0.15, 0.2) is 48.8 Å². The average molecular weight is 381 g/mol. The molecule has 8 heteroatoms. The number of nitrogens with one attached hydrogen (secondary N) is 3. The number of H-pyrrole nitrogens is 1. The van der Waals surface area contributed by atoms with Crippen LogP contribution in [0.2, 0.25) is 0 Å². The Morgan fingerprint density at radius 3 is 2.81 bits per heavy atom. The van der Waals surface area contributed by atoms with E-state index in [2.05, 4.69) is 25.8 Å². The fraction of sp³-hybridized carbons (Fsp3) is 0.105. The fourth-order valence-electron chi connectivity index (χ4n) is 2.71. The fourth-order valence-corrected chi connectivity index (χ4v) is 3.42. The van der Waals surface area contributed by atoms with Crippen LogP contribution in [-0.2, 0) is 6.54 Å². The zero-order chi connectivity index (χ0) is 18.8. The van der Waals surface area contributed by atoms with Gasteiger partial charge < -0.3 is 10.6 Å². The first kappa shape index (κ1) is 17.2. The van der Waals surface area contributed by atoms with Crippen molar-refractivity contribution in [1.82, 2.24) is 15.2 Å². The van der Waals surface area contributed by atoms with Crippen LogP contribution in [-0.4, -0.2) is 21.1 Å². The molecule has 2 heterocycles. The lowest BCUT2D eigenvalue weighted by Gasteiger charge is -2.08. The molecule has 0 atom stereocenters. The van der Waals surface area contributed by atoms with E-state index in [1.165, 1.54) is 29.7 Å². The van der Waals surface area contributed by atoms with E-state index in [0.717, 1.165) is 27.7 Å². The number of halogens is 1. The van der Waals surface area contributed by atoms with E-state index < -0.39 is 0 Å². The highest BCUT2D eigenvalue weighted by Gasteiger charge is 2.14. The summed E-state index contributed by atoms with van der Waals surface area (Å²) in [5.74, 6) is -0.492. The molecule has 136 valence electrons. The van der Waals surface area contributed by atoms with Gasteiger partial charge in [0.1, 0.15) is 10.7 Å². The molecule has 0 saturated heterocycles. The highest BCUT2D eigenvalue weighted by molar-refractivity contribution is 7.17. The number of amides is 1. The van der Waals surface area contributed by atoms with E-state index in [9.17, 15) is 9.18 Å². The molecule has 4 rings (SSSR count). The molecule has 1 amide bonds. The molecule has 0 radical (unpaired) electrons. The van der Waals surface area contributed by atoms with E-state index in [1.807, 2.05) is 19.1 Å². The lowest BCUT2D eigenvalue weighted by Crippen LogP contribution is -2.11. The van der Waals surface area contributed by atoms with Crippen molar-refractivity contribution in [2.45, 2.75) is 13.5 Å². The Bertz CT molecular complexity index is 1100. The van der Waals surface area contributed by atoms with Crippen LogP contribution < -0.4 is 10.6 Å². The smallest absolute Gasteiger partial charge is 0.267 e. The summed E-state index contributed by atoms with van der Waals surface area (Å²) >= 11 is 1.26. The van der Waals surface area contributed by atoms with Gasteiger partial charge in [-0.3, -0.25) is 9.89 Å². The second kappa shape index (κ2) is 7.16. The van der Waals surface area contributed by atoms with E-state index >= 15 is 0 Å². The van der Waals surface area contributed by atoms with Crippen LogP contribution in [0, 0.1) is 12.7 Å². The Labute approximate surface area is 158 Å². The SMILES string of the molecule is Cc1ccc2[nH]ncc2c1NC(=O)c1cnc(NCc2ccc(F)cc2)s1. The second-order valence-electron chi connectivity index (χ2n) is 6.05. The third-order valence-electron chi connectivity index (χ3n) is 4.16. The van der Waals surface area contributed by atoms with Gasteiger partial charge in [0.15, 0.2) is 5.13 Å². The Morgan fingerprint density at radius 2 is 2.00 bits per heavy atom. The standard InChI is InChI=1S/C19H16FN5OS/c1-11-2-7-15-14(9-23-25-15)17(11)24-18(26)16-10-22-19(27-16)21-8-12-3-5-13(20)6-4-12/h2-7,9-10H,8H2,1H3,(H,21,22)(H,23,25)(H,24,26). The number of nitrogens with zero attached hydrogens (tertiary/aromatic N) is 2. The van der Waals surface area contributed by atoms with Crippen molar-refractivity contribution < 1.29 is 9.18 Å². The van der Waals surface area contributed by atoms with Crippen molar-refractivity contribution in [3.05, 3.63) is 70.6 Å². The number of rotatable bonds is 5. The highest BCUT2D eigenvalue weighted by Crippen LogP contribution is 2.27. The van der Waals surface area contributed by atoms with Gasteiger partial charge in [-0.2, -0.15) is 5.10 Å². The van der Waals surface area contributed by atoms with Crippen molar-refractivity contribution in [1.29, 1.82) is 0 Å². The first-order valence-corrected chi connectivity index (χ1v) is 9.10. The summed E-state index contributed by atoms with van der Waals surface area (Å²) in [6.07, 6.45) is 3.23. The van der Waals surface area contributed by atoms with E-state index in [-0.39, 0.29) is 11.7 Å². The van der Waals surface area contributed by atoms with E-state index in [0.29, 0.717) is 16.6 Å². The van der Waals surface area contributed by atoms with E-state index in [4.69, 9.17) is 0 Å². The third-order valence-corrected chi connectivity index (χ3v) is 5.11. The number of aromatic amines is 1. The number of hydrogen-bond acceptors (Lipinski definition) is 5. The number of carbonyl (C=O) groups is 1. The van der Waals surface area contributed by atoms with Crippen molar-refractivity contribution >= 4 is 39.0 Å². The number of carbonyl (C=O) groups excluding carboxylic acids is 1. The van der Waals surface area contributed by atoms with Crippen molar-refractivity contribution in [2.24, 2.45) is 0 Å². The Morgan fingerprint density at radius 1 is 1.19 bits per heavy atom. The molecule has 2 aromatic carbocycles. The number of aromatic nitrogens is 3. The molecule has 0 spiro atoms. The third kappa shape index (κ3) is 3.65. The van der Waals surface area contributed by atoms with Crippen LogP contribution in [0.1, 0.15) is 20.8 Å². The Hall–Kier alpha value is -3.26. The quantitative estimate of drug-likeness (QED) is 0.480. The van der Waals surface area contributed by atoms with Crippen molar-refractivity contribution in [2.75, 3.05) is 10.6 Å². The molecule has 0 unspecified atom stereocenters. The largest absolute Gasteiger partial charge is 0.357 e. The van der Waals surface area contributed by atoms with Gasteiger partial charge in [-0.25, -0.2) is 9.37 Å². The topological polar surface area (TPSA) is 82.7 Å². The minimum absolute atomic E-state index is 0.223. The first-order valence-electron chi connectivity index (χ1n) is 8.28. The van der Waals surface area contributed by atoms with Gasteiger partial charge in [0.2, 0.25) is 0 Å². The molecule has 3 N–H and O–H groups in total. The number of anilines is 2. The maximum absolute atomic E-state index is 12.9. The lowest BCUT2D eigenvalue weighted by molar-refractivity contribution is 0.103. The number of aryl methyl sites for hydroxylation is 1. The zero-order valence-electron chi connectivity index (χ0n) is 14.4. The number of hydrogen-bond donors (Lipinski definition) is 3. The van der Waals surface area contributed by atoms with Gasteiger partial charge in [0.05, 0.1) is 23.6 Å². The van der Waals surface area contributed by atoms with E-state index in [1.54, 1.807) is 18.3 Å². The number of fused-ring (bicyclic) bond motifs is 1. The number of benzene rings is 2. The summed E-state index contributed by atoms with van der Waals surface area (Å²) in [6.45, 7) is 2.44. The highest BCUT2D eigenvalue weighted by atomic mass is 32.1. The maximum Gasteiger partial charge on any atom is 0.267 e. The van der Waals surface area contributed by atoms with Gasteiger partial charge in [-0.15, -0.1) is 0 Å². The molecule has 0 saturated carbocycles. The average Bonchev–Trinajstić information content (AvgIpc) is 3.33. The van der Waals surface area contributed by atoms with Gasteiger partial charge in [0.25, 0.3) is 5.91 Å². The van der Waals surface area contributed by atoms with Crippen LogP contribution in [0.4, 0.5) is 15.2 Å². The first-order chi connectivity index (χ1) is 13.1. The predicted molar refractivity (Wildman–Crippen MR) is 105 cm³/mol. The van der Waals surface area contributed by atoms with Crippen LogP contribution in [0.25, 0.3) is 10.9 Å². The molecule has 4 aromatic rings. The summed E-state index contributed by atoms with van der Waals surface area (Å²) < 4.78 is 12.9. The summed E-state index contributed by atoms with van der Waals surface area (Å²) in [6, 6.07) is 10.1. The molecule has 0 aliphatic heterocycles. The summed E-state index contributed by atoms with van der Waals surface area (Å²) in [4.78, 5) is 17.4. The van der Waals surface area contributed by atoms with Gasteiger partial charge >= 0.3 is 0 Å². The molecular formula is C19H16FN5OS. The molecule has 0 aliphatic rings. The molecular weight excluding hydrogens is 365 g/mol. The molecule has 0 bridgehead atoms. The van der Waals surface area contributed by atoms with Crippen molar-refractivity contribution in [3.63, 3.8) is 0 Å². The van der Waals surface area contributed by atoms with Gasteiger partial charge in [-0.05, 0) is 36.2 Å². The predicted octanol–water partition coefficient (Wildman–Crippen LogP) is 4.33. The minimum Gasteiger partial charge on any atom is -0.357 e. The van der Waals surface area contributed by atoms with Gasteiger partial charge in [-0.1, -0.05) is 29.5 Å².